The summed E-state index contributed by atoms with van der Waals surface area (Å²) in [7, 11) is 0. The van der Waals surface area contributed by atoms with Crippen molar-refractivity contribution in [2.24, 2.45) is 0 Å². The predicted molar refractivity (Wildman–Crippen MR) is 96.7 cm³/mol. The Labute approximate surface area is 132 Å². The minimum atomic E-state index is 1.18. The summed E-state index contributed by atoms with van der Waals surface area (Å²) in [6.45, 7) is 4.50. The molecule has 1 aromatic carbocycles. The van der Waals surface area contributed by atoms with E-state index in [9.17, 15) is 0 Å². The molecule has 0 spiro atoms. The Morgan fingerprint density at radius 2 is 1.33 bits per heavy atom. The van der Waals surface area contributed by atoms with Gasteiger partial charge in [0.15, 0.2) is 0 Å². The fourth-order valence-electron chi connectivity index (χ4n) is 2.64. The molecule has 0 saturated carbocycles. The van der Waals surface area contributed by atoms with Crippen molar-refractivity contribution < 1.29 is 0 Å². The zero-order valence-corrected chi connectivity index (χ0v) is 14.2. The van der Waals surface area contributed by atoms with E-state index in [4.69, 9.17) is 0 Å². The van der Waals surface area contributed by atoms with Gasteiger partial charge < -0.3 is 0 Å². The molecular weight excluding hydrogens is 252 g/mol. The molecule has 0 aromatic heterocycles. The van der Waals surface area contributed by atoms with Crippen molar-refractivity contribution in [3.05, 3.63) is 41.5 Å². The Kier molecular flexibility index (Phi) is 10.9. The molecule has 0 heteroatoms. The number of benzene rings is 1. The van der Waals surface area contributed by atoms with Gasteiger partial charge in [0.25, 0.3) is 0 Å². The first-order valence-electron chi connectivity index (χ1n) is 9.12. The highest BCUT2D eigenvalue weighted by Gasteiger charge is 1.95. The van der Waals surface area contributed by atoms with Crippen LogP contribution < -0.4 is 0 Å². The topological polar surface area (TPSA) is 0 Å². The molecule has 0 aliphatic carbocycles. The van der Waals surface area contributed by atoms with E-state index >= 15 is 0 Å². The number of rotatable bonds is 12. The number of unbranched alkanes of at least 4 members (excludes halogenated alkanes) is 8. The van der Waals surface area contributed by atoms with E-state index in [0.717, 1.165) is 0 Å². The largest absolute Gasteiger partial charge is 0.0840 e. The van der Waals surface area contributed by atoms with Gasteiger partial charge in [0.1, 0.15) is 0 Å². The second-order valence-electron chi connectivity index (χ2n) is 6.16. The Balaban J connectivity index is 2.09. The van der Waals surface area contributed by atoms with Gasteiger partial charge in [0.2, 0.25) is 0 Å². The SMILES string of the molecule is CCCC=Cc1ccc(CCCCCCCCCC)cc1. The van der Waals surface area contributed by atoms with Crippen molar-refractivity contribution in [2.75, 3.05) is 0 Å². The number of allylic oxidation sites excluding steroid dienone is 1. The molecule has 0 radical (unpaired) electrons. The first-order chi connectivity index (χ1) is 10.4. The van der Waals surface area contributed by atoms with E-state index in [-0.39, 0.29) is 0 Å². The summed E-state index contributed by atoms with van der Waals surface area (Å²) in [5.74, 6) is 0. The monoisotopic (exact) mass is 286 g/mol. The van der Waals surface area contributed by atoms with Crippen molar-refractivity contribution in [3.8, 4) is 0 Å². The van der Waals surface area contributed by atoms with Gasteiger partial charge in [-0.2, -0.15) is 0 Å². The van der Waals surface area contributed by atoms with Gasteiger partial charge in [-0.25, -0.2) is 0 Å². The van der Waals surface area contributed by atoms with Crippen molar-refractivity contribution >= 4 is 6.08 Å². The Hall–Kier alpha value is -1.04. The maximum Gasteiger partial charge on any atom is -0.0260 e. The Morgan fingerprint density at radius 1 is 0.714 bits per heavy atom. The number of hydrogen-bond donors (Lipinski definition) is 0. The maximum atomic E-state index is 2.30. The summed E-state index contributed by atoms with van der Waals surface area (Å²) in [5, 5.41) is 0. The standard InChI is InChI=1S/C21H34/c1-3-5-7-8-9-10-11-13-15-21-18-16-20(17-19-21)14-12-6-4-2/h12,14,16-19H,3-11,13,15H2,1-2H3. The van der Waals surface area contributed by atoms with E-state index < -0.39 is 0 Å². The van der Waals surface area contributed by atoms with Crippen LogP contribution in [0.3, 0.4) is 0 Å². The third-order valence-electron chi connectivity index (χ3n) is 4.06. The van der Waals surface area contributed by atoms with Gasteiger partial charge >= 0.3 is 0 Å². The highest BCUT2D eigenvalue weighted by molar-refractivity contribution is 5.49. The van der Waals surface area contributed by atoms with Crippen molar-refractivity contribution in [2.45, 2.75) is 84.5 Å². The molecule has 118 valence electrons. The molecule has 0 amide bonds. The quantitative estimate of drug-likeness (QED) is 0.357. The fourth-order valence-corrected chi connectivity index (χ4v) is 2.64. The van der Waals surface area contributed by atoms with Crippen LogP contribution in [0.5, 0.6) is 0 Å². The second kappa shape index (κ2) is 12.7. The van der Waals surface area contributed by atoms with Crippen molar-refractivity contribution in [3.63, 3.8) is 0 Å². The van der Waals surface area contributed by atoms with Crippen LogP contribution in [-0.2, 0) is 6.42 Å². The van der Waals surface area contributed by atoms with E-state index in [0.29, 0.717) is 0 Å². The normalized spacial score (nSPS) is 11.3. The lowest BCUT2D eigenvalue weighted by Gasteiger charge is -2.03. The summed E-state index contributed by atoms with van der Waals surface area (Å²) in [5.41, 5.74) is 2.83. The van der Waals surface area contributed by atoms with Crippen molar-refractivity contribution in [1.82, 2.24) is 0 Å². The summed E-state index contributed by atoms with van der Waals surface area (Å²) < 4.78 is 0. The van der Waals surface area contributed by atoms with Gasteiger partial charge in [-0.15, -0.1) is 0 Å². The number of aryl methyl sites for hydroxylation is 1. The molecule has 0 N–H and O–H groups in total. The molecule has 0 saturated heterocycles. The van der Waals surface area contributed by atoms with Crippen LogP contribution in [0.25, 0.3) is 6.08 Å². The summed E-state index contributed by atoms with van der Waals surface area (Å²) >= 11 is 0. The molecule has 0 aliphatic heterocycles. The minimum Gasteiger partial charge on any atom is -0.0840 e. The Bertz CT molecular complexity index is 358. The first kappa shape index (κ1) is 18.0. The molecule has 0 nitrogen and oxygen atoms in total. The summed E-state index contributed by atoms with van der Waals surface area (Å²) in [4.78, 5) is 0. The highest BCUT2D eigenvalue weighted by Crippen LogP contribution is 2.13. The summed E-state index contributed by atoms with van der Waals surface area (Å²) in [6, 6.07) is 9.11. The molecule has 0 aliphatic rings. The predicted octanol–water partition coefficient (Wildman–Crippen LogP) is 7.18. The molecule has 0 fully saturated rings. The molecule has 1 rings (SSSR count). The van der Waals surface area contributed by atoms with E-state index in [1.807, 2.05) is 0 Å². The van der Waals surface area contributed by atoms with E-state index in [1.54, 1.807) is 0 Å². The maximum absolute atomic E-state index is 2.30. The zero-order chi connectivity index (χ0) is 15.2. The van der Waals surface area contributed by atoms with E-state index in [2.05, 4.69) is 50.3 Å². The lowest BCUT2D eigenvalue weighted by molar-refractivity contribution is 0.575. The van der Waals surface area contributed by atoms with Crippen LogP contribution in [0, 0.1) is 0 Å². The molecule has 0 bridgehead atoms. The third-order valence-corrected chi connectivity index (χ3v) is 4.06. The fraction of sp³-hybridized carbons (Fsp3) is 0.619. The van der Waals surface area contributed by atoms with Crippen LogP contribution in [0.2, 0.25) is 0 Å². The lowest BCUT2D eigenvalue weighted by Crippen LogP contribution is -1.87. The van der Waals surface area contributed by atoms with Crippen LogP contribution in [0.15, 0.2) is 30.3 Å². The average molecular weight is 287 g/mol. The van der Waals surface area contributed by atoms with Crippen LogP contribution in [0.4, 0.5) is 0 Å². The minimum absolute atomic E-state index is 1.18. The smallest absolute Gasteiger partial charge is 0.0260 e. The van der Waals surface area contributed by atoms with Gasteiger partial charge in [0.05, 0.1) is 0 Å². The van der Waals surface area contributed by atoms with Crippen LogP contribution in [-0.4, -0.2) is 0 Å². The second-order valence-corrected chi connectivity index (χ2v) is 6.16. The third kappa shape index (κ3) is 9.50. The molecule has 0 unspecified atom stereocenters. The molecular formula is C21H34. The number of hydrogen-bond acceptors (Lipinski definition) is 0. The molecule has 21 heavy (non-hydrogen) atoms. The zero-order valence-electron chi connectivity index (χ0n) is 14.2. The van der Waals surface area contributed by atoms with Crippen molar-refractivity contribution in [1.29, 1.82) is 0 Å². The highest BCUT2D eigenvalue weighted by atomic mass is 14.0. The lowest BCUT2D eigenvalue weighted by atomic mass is 10.0. The summed E-state index contributed by atoms with van der Waals surface area (Å²) in [6.07, 6.45) is 19.4. The van der Waals surface area contributed by atoms with E-state index in [1.165, 1.54) is 81.8 Å². The van der Waals surface area contributed by atoms with Gasteiger partial charge in [-0.05, 0) is 30.4 Å². The van der Waals surface area contributed by atoms with Gasteiger partial charge in [-0.3, -0.25) is 0 Å². The van der Waals surface area contributed by atoms with Crippen LogP contribution >= 0.6 is 0 Å². The molecule has 0 atom stereocenters. The average Bonchev–Trinajstić information content (AvgIpc) is 2.52. The molecule has 0 heterocycles. The first-order valence-corrected chi connectivity index (χ1v) is 9.12. The van der Waals surface area contributed by atoms with Gasteiger partial charge in [-0.1, -0.05) is 102 Å². The van der Waals surface area contributed by atoms with Gasteiger partial charge in [0, 0.05) is 0 Å². The Morgan fingerprint density at radius 3 is 1.95 bits per heavy atom. The van der Waals surface area contributed by atoms with Crippen LogP contribution in [0.1, 0.15) is 89.2 Å². The molecule has 1 aromatic rings.